The van der Waals surface area contributed by atoms with Crippen LogP contribution in [0.3, 0.4) is 0 Å². The number of carbonyl (C=O) groups excluding carboxylic acids is 1. The highest BCUT2D eigenvalue weighted by Gasteiger charge is 2.30. The van der Waals surface area contributed by atoms with Crippen LogP contribution in [0.1, 0.15) is 38.3 Å². The van der Waals surface area contributed by atoms with Crippen LogP contribution in [-0.4, -0.2) is 29.9 Å². The minimum atomic E-state index is 0.216. The van der Waals surface area contributed by atoms with Gasteiger partial charge in [0.1, 0.15) is 0 Å². The van der Waals surface area contributed by atoms with E-state index in [-0.39, 0.29) is 11.9 Å². The zero-order valence-electron chi connectivity index (χ0n) is 11.2. The predicted octanol–water partition coefficient (Wildman–Crippen LogP) is 2.35. The second-order valence-electron chi connectivity index (χ2n) is 4.92. The van der Waals surface area contributed by atoms with Crippen LogP contribution in [0.25, 0.3) is 0 Å². The van der Waals surface area contributed by atoms with Gasteiger partial charge in [-0.15, -0.1) is 0 Å². The van der Waals surface area contributed by atoms with Crippen molar-refractivity contribution in [2.75, 3.05) is 13.1 Å². The highest BCUT2D eigenvalue weighted by Crippen LogP contribution is 2.26. The van der Waals surface area contributed by atoms with Crippen molar-refractivity contribution in [1.29, 1.82) is 0 Å². The van der Waals surface area contributed by atoms with Gasteiger partial charge >= 0.3 is 0 Å². The molecule has 1 aromatic carbocycles. The van der Waals surface area contributed by atoms with Crippen LogP contribution in [0.15, 0.2) is 30.3 Å². The van der Waals surface area contributed by atoms with Crippen LogP contribution in [0.2, 0.25) is 0 Å². The molecule has 1 atom stereocenters. The normalized spacial score (nSPS) is 16.3. The van der Waals surface area contributed by atoms with Gasteiger partial charge in [0.25, 0.3) is 0 Å². The largest absolute Gasteiger partial charge is 0.339 e. The van der Waals surface area contributed by atoms with Crippen LogP contribution < -0.4 is 5.32 Å². The van der Waals surface area contributed by atoms with E-state index < -0.39 is 0 Å². The van der Waals surface area contributed by atoms with Gasteiger partial charge < -0.3 is 10.2 Å². The molecule has 1 saturated carbocycles. The average molecular weight is 246 g/mol. The van der Waals surface area contributed by atoms with E-state index in [0.29, 0.717) is 12.6 Å². The molecule has 0 bridgehead atoms. The third kappa shape index (κ3) is 3.33. The Bertz CT molecular complexity index is 387. The van der Waals surface area contributed by atoms with E-state index in [4.69, 9.17) is 0 Å². The zero-order valence-corrected chi connectivity index (χ0v) is 11.2. The number of hydrogen-bond donors (Lipinski definition) is 1. The Hall–Kier alpha value is -1.35. The molecular formula is C15H22N2O. The van der Waals surface area contributed by atoms with Gasteiger partial charge in [-0.1, -0.05) is 30.3 Å². The molecule has 0 saturated heterocycles. The molecule has 1 fully saturated rings. The Labute approximate surface area is 109 Å². The summed E-state index contributed by atoms with van der Waals surface area (Å²) in [6.07, 6.45) is 2.35. The van der Waals surface area contributed by atoms with E-state index in [1.54, 1.807) is 0 Å². The first-order chi connectivity index (χ1) is 8.72. The fourth-order valence-electron chi connectivity index (χ4n) is 2.23. The summed E-state index contributed by atoms with van der Waals surface area (Å²) in [5.41, 5.74) is 1.22. The minimum Gasteiger partial charge on any atom is -0.339 e. The van der Waals surface area contributed by atoms with Crippen molar-refractivity contribution in [2.24, 2.45) is 0 Å². The molecule has 0 unspecified atom stereocenters. The van der Waals surface area contributed by atoms with Gasteiger partial charge in [0, 0.05) is 18.6 Å². The van der Waals surface area contributed by atoms with Crippen LogP contribution in [0.4, 0.5) is 0 Å². The Kier molecular flexibility index (Phi) is 4.37. The molecule has 1 aliphatic carbocycles. The number of benzene rings is 1. The van der Waals surface area contributed by atoms with Gasteiger partial charge in [-0.3, -0.25) is 4.79 Å². The quantitative estimate of drug-likeness (QED) is 0.835. The summed E-state index contributed by atoms with van der Waals surface area (Å²) in [7, 11) is 0. The fraction of sp³-hybridized carbons (Fsp3) is 0.533. The summed E-state index contributed by atoms with van der Waals surface area (Å²) in [5.74, 6) is 0.225. The molecule has 0 spiro atoms. The zero-order chi connectivity index (χ0) is 13.0. The number of nitrogens with zero attached hydrogens (tertiary/aromatic N) is 1. The van der Waals surface area contributed by atoms with Gasteiger partial charge in [-0.2, -0.15) is 0 Å². The Balaban J connectivity index is 1.82. The van der Waals surface area contributed by atoms with Crippen molar-refractivity contribution in [2.45, 2.75) is 38.8 Å². The van der Waals surface area contributed by atoms with E-state index in [2.05, 4.69) is 31.3 Å². The number of carbonyl (C=O) groups is 1. The summed E-state index contributed by atoms with van der Waals surface area (Å²) >= 11 is 0. The van der Waals surface area contributed by atoms with Crippen molar-refractivity contribution < 1.29 is 4.79 Å². The first-order valence-corrected chi connectivity index (χ1v) is 6.80. The number of hydrogen-bond acceptors (Lipinski definition) is 2. The van der Waals surface area contributed by atoms with Crippen LogP contribution in [0, 0.1) is 0 Å². The SMILES string of the molecule is CCN(C(=O)CN[C@H](C)c1ccccc1)C1CC1. The standard InChI is InChI=1S/C15H22N2O/c1-3-17(14-9-10-14)15(18)11-16-12(2)13-7-5-4-6-8-13/h4-8,12,14,16H,3,9-11H2,1-2H3/t12-/m1/s1. The second kappa shape index (κ2) is 6.01. The maximum absolute atomic E-state index is 12.1. The lowest BCUT2D eigenvalue weighted by Crippen LogP contribution is -2.40. The molecule has 0 aliphatic heterocycles. The van der Waals surface area contributed by atoms with Gasteiger partial charge in [-0.25, -0.2) is 0 Å². The molecule has 98 valence electrons. The van der Waals surface area contributed by atoms with Crippen LogP contribution >= 0.6 is 0 Å². The van der Waals surface area contributed by atoms with Gasteiger partial charge in [0.2, 0.25) is 5.91 Å². The summed E-state index contributed by atoms with van der Waals surface area (Å²) in [6, 6.07) is 11.0. The summed E-state index contributed by atoms with van der Waals surface area (Å²) in [5, 5.41) is 3.30. The van der Waals surface area contributed by atoms with Gasteiger partial charge in [-0.05, 0) is 32.3 Å². The number of nitrogens with one attached hydrogen (secondary N) is 1. The highest BCUT2D eigenvalue weighted by molar-refractivity contribution is 5.79. The second-order valence-corrected chi connectivity index (χ2v) is 4.92. The lowest BCUT2D eigenvalue weighted by atomic mass is 10.1. The lowest BCUT2D eigenvalue weighted by molar-refractivity contribution is -0.130. The molecule has 0 aromatic heterocycles. The van der Waals surface area contributed by atoms with E-state index >= 15 is 0 Å². The summed E-state index contributed by atoms with van der Waals surface area (Å²) in [4.78, 5) is 14.0. The van der Waals surface area contributed by atoms with Gasteiger partial charge in [0.15, 0.2) is 0 Å². The van der Waals surface area contributed by atoms with Crippen molar-refractivity contribution in [3.05, 3.63) is 35.9 Å². The van der Waals surface area contributed by atoms with Crippen LogP contribution in [0.5, 0.6) is 0 Å². The summed E-state index contributed by atoms with van der Waals surface area (Å²) < 4.78 is 0. The molecule has 2 rings (SSSR count). The van der Waals surface area contributed by atoms with Crippen molar-refractivity contribution >= 4 is 5.91 Å². The topological polar surface area (TPSA) is 32.3 Å². The predicted molar refractivity (Wildman–Crippen MR) is 73.3 cm³/mol. The van der Waals surface area contributed by atoms with E-state index in [0.717, 1.165) is 6.54 Å². The smallest absolute Gasteiger partial charge is 0.236 e. The Morgan fingerprint density at radius 2 is 2.06 bits per heavy atom. The van der Waals surface area contributed by atoms with E-state index in [1.807, 2.05) is 23.1 Å². The molecule has 0 radical (unpaired) electrons. The molecule has 3 nitrogen and oxygen atoms in total. The Morgan fingerprint density at radius 3 is 2.61 bits per heavy atom. The molecule has 1 aliphatic rings. The van der Waals surface area contributed by atoms with E-state index in [9.17, 15) is 4.79 Å². The molecular weight excluding hydrogens is 224 g/mol. The molecule has 1 amide bonds. The van der Waals surface area contributed by atoms with Crippen LogP contribution in [-0.2, 0) is 4.79 Å². The molecule has 3 heteroatoms. The van der Waals surface area contributed by atoms with Crippen molar-refractivity contribution in [3.63, 3.8) is 0 Å². The molecule has 0 heterocycles. The molecule has 1 N–H and O–H groups in total. The maximum atomic E-state index is 12.1. The highest BCUT2D eigenvalue weighted by atomic mass is 16.2. The number of rotatable bonds is 6. The van der Waals surface area contributed by atoms with Gasteiger partial charge in [0.05, 0.1) is 6.54 Å². The monoisotopic (exact) mass is 246 g/mol. The number of likely N-dealkylation sites (N-methyl/N-ethyl adjacent to an activating group) is 1. The van der Waals surface area contributed by atoms with Crippen molar-refractivity contribution in [3.8, 4) is 0 Å². The fourth-order valence-corrected chi connectivity index (χ4v) is 2.23. The third-order valence-corrected chi connectivity index (χ3v) is 3.51. The molecule has 18 heavy (non-hydrogen) atoms. The third-order valence-electron chi connectivity index (χ3n) is 3.51. The number of amides is 1. The Morgan fingerprint density at radius 1 is 1.39 bits per heavy atom. The van der Waals surface area contributed by atoms with E-state index in [1.165, 1.54) is 18.4 Å². The molecule has 1 aromatic rings. The first-order valence-electron chi connectivity index (χ1n) is 6.80. The summed E-state index contributed by atoms with van der Waals surface area (Å²) in [6.45, 7) is 5.40. The maximum Gasteiger partial charge on any atom is 0.236 e. The first kappa shape index (κ1) is 13.1. The lowest BCUT2D eigenvalue weighted by Gasteiger charge is -2.22. The van der Waals surface area contributed by atoms with Crippen molar-refractivity contribution in [1.82, 2.24) is 10.2 Å². The average Bonchev–Trinajstić information content (AvgIpc) is 3.22. The minimum absolute atomic E-state index is 0.216.